The molecule has 4 rings (SSSR count). The molecule has 4 aromatic rings. The van der Waals surface area contributed by atoms with Crippen LogP contribution < -0.4 is 29.6 Å². The summed E-state index contributed by atoms with van der Waals surface area (Å²) >= 11 is 0. The first-order valence-corrected chi connectivity index (χ1v) is 15.0. The molecule has 0 aliphatic carbocycles. The minimum atomic E-state index is -0.611. The topological polar surface area (TPSA) is 251 Å². The minimum absolute atomic E-state index is 0.0792. The summed E-state index contributed by atoms with van der Waals surface area (Å²) in [4.78, 5) is 59.3. The molecule has 0 amide bonds. The van der Waals surface area contributed by atoms with Gasteiger partial charge in [-0.3, -0.25) is 20.2 Å². The average molecular weight is 711 g/mol. The molecule has 0 fully saturated rings. The molecule has 0 bridgehead atoms. The summed E-state index contributed by atoms with van der Waals surface area (Å²) in [5.41, 5.74) is -0.352. The van der Waals surface area contributed by atoms with E-state index >= 15 is 0 Å². The molecule has 0 aliphatic heterocycles. The van der Waals surface area contributed by atoms with E-state index in [9.17, 15) is 29.8 Å². The lowest BCUT2D eigenvalue weighted by Crippen LogP contribution is -2.16. The molecule has 0 saturated carbocycles. The van der Waals surface area contributed by atoms with Crippen molar-refractivity contribution in [3.05, 3.63) is 93.5 Å². The van der Waals surface area contributed by atoms with Gasteiger partial charge in [-0.1, -0.05) is 0 Å². The standard InChI is InChI=1S/C16H18N4O6.C15H16N4O6/c1-2-24-15(21)11-26-14-10-12(20(22)23)4-5-13(14)25-9-8-19-16-17-6-3-7-18-16;1-23-14(20)10-25-13-9-11(19(21)22)3-4-12(13)24-8-7-18-15-16-5-2-6-17-15/h3-7,10H,2,8-9,11H2,1H3,(H,17,18,19);2-6,9H,7-8,10H2,1H3,(H,16,17,18). The number of aromatic nitrogens is 4. The summed E-state index contributed by atoms with van der Waals surface area (Å²) in [5.74, 6) is 0.434. The Hall–Kier alpha value is -6.86. The fourth-order valence-electron chi connectivity index (χ4n) is 3.65. The van der Waals surface area contributed by atoms with Gasteiger partial charge in [0, 0.05) is 36.9 Å². The number of hydrogen-bond acceptors (Lipinski definition) is 18. The Morgan fingerprint density at radius 3 is 1.49 bits per heavy atom. The van der Waals surface area contributed by atoms with Gasteiger partial charge in [0.2, 0.25) is 11.9 Å². The van der Waals surface area contributed by atoms with Crippen LogP contribution in [-0.4, -0.2) is 95.0 Å². The second-order valence-electron chi connectivity index (χ2n) is 9.43. The number of anilines is 2. The van der Waals surface area contributed by atoms with Crippen LogP contribution in [0.4, 0.5) is 23.3 Å². The summed E-state index contributed by atoms with van der Waals surface area (Å²) in [6.07, 6.45) is 6.41. The highest BCUT2D eigenvalue weighted by Crippen LogP contribution is 2.32. The molecule has 0 saturated heterocycles. The number of ether oxygens (including phenoxy) is 6. The van der Waals surface area contributed by atoms with Gasteiger partial charge in [0.15, 0.2) is 36.2 Å². The zero-order chi connectivity index (χ0) is 36.8. The number of carbonyl (C=O) groups is 2. The minimum Gasteiger partial charge on any atom is -0.488 e. The molecule has 0 atom stereocenters. The van der Waals surface area contributed by atoms with Crippen LogP contribution in [0.1, 0.15) is 6.92 Å². The zero-order valence-electron chi connectivity index (χ0n) is 27.5. The summed E-state index contributed by atoms with van der Waals surface area (Å²) < 4.78 is 30.9. The lowest BCUT2D eigenvalue weighted by molar-refractivity contribution is -0.385. The summed E-state index contributed by atoms with van der Waals surface area (Å²) in [5, 5.41) is 27.7. The van der Waals surface area contributed by atoms with E-state index in [1.165, 1.54) is 43.5 Å². The smallest absolute Gasteiger partial charge is 0.344 e. The third kappa shape index (κ3) is 14.0. The van der Waals surface area contributed by atoms with E-state index < -0.39 is 21.8 Å². The molecule has 20 nitrogen and oxygen atoms in total. The summed E-state index contributed by atoms with van der Waals surface area (Å²) in [6.45, 7) is 2.38. The molecule has 2 N–H and O–H groups in total. The Labute approximate surface area is 290 Å². The molecule has 0 spiro atoms. The van der Waals surface area contributed by atoms with Gasteiger partial charge >= 0.3 is 11.9 Å². The maximum Gasteiger partial charge on any atom is 0.344 e. The Kier molecular flexibility index (Phi) is 16.0. The van der Waals surface area contributed by atoms with E-state index in [1.807, 2.05) is 0 Å². The number of non-ortho nitro benzene ring substituents is 2. The highest BCUT2D eigenvalue weighted by atomic mass is 16.6. The van der Waals surface area contributed by atoms with Gasteiger partial charge in [0.25, 0.3) is 11.4 Å². The number of rotatable bonds is 19. The lowest BCUT2D eigenvalue weighted by Gasteiger charge is -2.12. The second-order valence-corrected chi connectivity index (χ2v) is 9.43. The molecule has 0 unspecified atom stereocenters. The fraction of sp³-hybridized carbons (Fsp3) is 0.290. The number of nitrogens with one attached hydrogen (secondary N) is 2. The largest absolute Gasteiger partial charge is 0.488 e. The van der Waals surface area contributed by atoms with Crippen molar-refractivity contribution >= 4 is 35.2 Å². The number of esters is 2. The van der Waals surface area contributed by atoms with Gasteiger partial charge in [-0.2, -0.15) is 0 Å². The quantitative estimate of drug-likeness (QED) is 0.0613. The predicted octanol–water partition coefficient (Wildman–Crippen LogP) is 3.25. The third-order valence-corrected chi connectivity index (χ3v) is 5.92. The van der Waals surface area contributed by atoms with Crippen LogP contribution in [0, 0.1) is 20.2 Å². The van der Waals surface area contributed by atoms with Gasteiger partial charge in [-0.15, -0.1) is 0 Å². The Morgan fingerprint density at radius 1 is 0.667 bits per heavy atom. The molecule has 0 aliphatic rings. The number of nitro groups is 2. The third-order valence-electron chi connectivity index (χ3n) is 5.92. The normalized spacial score (nSPS) is 10.0. The van der Waals surface area contributed by atoms with Crippen molar-refractivity contribution in [2.75, 3.05) is 63.9 Å². The van der Waals surface area contributed by atoms with Crippen LogP contribution in [0.5, 0.6) is 23.0 Å². The van der Waals surface area contributed by atoms with E-state index in [-0.39, 0.29) is 67.4 Å². The number of nitrogens with zero attached hydrogens (tertiary/aromatic N) is 6. The van der Waals surface area contributed by atoms with Crippen LogP contribution in [0.25, 0.3) is 0 Å². The summed E-state index contributed by atoms with van der Waals surface area (Å²) in [7, 11) is 1.22. The molecule has 51 heavy (non-hydrogen) atoms. The predicted molar refractivity (Wildman–Crippen MR) is 178 cm³/mol. The Balaban J connectivity index is 0.000000276. The maximum absolute atomic E-state index is 11.4. The number of nitro benzene ring substituents is 2. The van der Waals surface area contributed by atoms with Crippen LogP contribution in [0.15, 0.2) is 73.3 Å². The first-order valence-electron chi connectivity index (χ1n) is 15.0. The van der Waals surface area contributed by atoms with Gasteiger partial charge in [-0.05, 0) is 31.2 Å². The van der Waals surface area contributed by atoms with E-state index in [2.05, 4.69) is 35.3 Å². The first kappa shape index (κ1) is 38.6. The van der Waals surface area contributed by atoms with E-state index in [4.69, 9.17) is 23.7 Å². The monoisotopic (exact) mass is 710 g/mol. The molecule has 270 valence electrons. The van der Waals surface area contributed by atoms with Crippen molar-refractivity contribution in [2.24, 2.45) is 0 Å². The highest BCUT2D eigenvalue weighted by molar-refractivity contribution is 5.71. The second kappa shape index (κ2) is 21.2. The highest BCUT2D eigenvalue weighted by Gasteiger charge is 2.16. The van der Waals surface area contributed by atoms with Crippen LogP contribution >= 0.6 is 0 Å². The van der Waals surface area contributed by atoms with Gasteiger partial charge < -0.3 is 39.1 Å². The number of benzene rings is 2. The number of carbonyl (C=O) groups excluding carboxylic acids is 2. The van der Waals surface area contributed by atoms with Crippen LogP contribution in [-0.2, 0) is 19.1 Å². The average Bonchev–Trinajstić information content (AvgIpc) is 3.14. The van der Waals surface area contributed by atoms with Crippen molar-refractivity contribution in [3.8, 4) is 23.0 Å². The van der Waals surface area contributed by atoms with Gasteiger partial charge in [0.05, 0.1) is 48.8 Å². The molecular formula is C31H34N8O12. The fourth-order valence-corrected chi connectivity index (χ4v) is 3.65. The molecule has 2 aromatic heterocycles. The SMILES string of the molecule is CCOC(=O)COc1cc([N+](=O)[O-])ccc1OCCNc1ncccn1.COC(=O)COc1cc([N+](=O)[O-])ccc1OCCNc1ncccn1. The van der Waals surface area contributed by atoms with Crippen LogP contribution in [0.3, 0.4) is 0 Å². The zero-order valence-corrected chi connectivity index (χ0v) is 27.5. The Morgan fingerprint density at radius 2 is 1.10 bits per heavy atom. The molecular weight excluding hydrogens is 676 g/mol. The van der Waals surface area contributed by atoms with Crippen molar-refractivity contribution in [3.63, 3.8) is 0 Å². The van der Waals surface area contributed by atoms with Gasteiger partial charge in [0.1, 0.15) is 13.2 Å². The van der Waals surface area contributed by atoms with Crippen molar-refractivity contribution in [1.29, 1.82) is 0 Å². The number of methoxy groups -OCH3 is 1. The van der Waals surface area contributed by atoms with E-state index in [0.717, 1.165) is 0 Å². The summed E-state index contributed by atoms with van der Waals surface area (Å²) in [6, 6.07) is 11.2. The molecule has 2 heterocycles. The number of hydrogen-bond donors (Lipinski definition) is 2. The van der Waals surface area contributed by atoms with Crippen molar-refractivity contribution < 1.29 is 47.9 Å². The molecule has 2 aromatic carbocycles. The van der Waals surface area contributed by atoms with Crippen molar-refractivity contribution in [1.82, 2.24) is 19.9 Å². The van der Waals surface area contributed by atoms with E-state index in [0.29, 0.717) is 25.0 Å². The van der Waals surface area contributed by atoms with Crippen molar-refractivity contribution in [2.45, 2.75) is 6.92 Å². The molecule has 0 radical (unpaired) electrons. The Bertz CT molecular complexity index is 1720. The lowest BCUT2D eigenvalue weighted by atomic mass is 10.3. The maximum atomic E-state index is 11.4. The van der Waals surface area contributed by atoms with E-state index in [1.54, 1.807) is 43.8 Å². The molecule has 20 heteroatoms. The first-order chi connectivity index (χ1) is 24.7. The van der Waals surface area contributed by atoms with Gasteiger partial charge in [-0.25, -0.2) is 29.5 Å². The van der Waals surface area contributed by atoms with Crippen LogP contribution in [0.2, 0.25) is 0 Å².